The van der Waals surface area contributed by atoms with Crippen LogP contribution in [0.5, 0.6) is 0 Å². The summed E-state index contributed by atoms with van der Waals surface area (Å²) in [6.45, 7) is 9.30. The smallest absolute Gasteiger partial charge is 0.120 e. The Labute approximate surface area is 104 Å². The highest BCUT2D eigenvalue weighted by atomic mass is 16.3. The Morgan fingerprint density at radius 3 is 2.71 bits per heavy atom. The second-order valence-corrected chi connectivity index (χ2v) is 5.36. The molecule has 1 aliphatic rings. The van der Waals surface area contributed by atoms with Crippen LogP contribution >= 0.6 is 0 Å². The first-order valence-electron chi connectivity index (χ1n) is 6.06. The highest BCUT2D eigenvalue weighted by Crippen LogP contribution is 2.18. The van der Waals surface area contributed by atoms with Crippen LogP contribution in [0, 0.1) is 17.8 Å². The van der Waals surface area contributed by atoms with Crippen LogP contribution < -0.4 is 5.84 Å². The molecule has 0 aromatic heterocycles. The Morgan fingerprint density at radius 2 is 2.18 bits per heavy atom. The fourth-order valence-electron chi connectivity index (χ4n) is 2.03. The fraction of sp³-hybridized carbons (Fsp3) is 0.769. The van der Waals surface area contributed by atoms with Gasteiger partial charge in [-0.15, -0.1) is 0 Å². The molecule has 3 N–H and O–H groups in total. The Hall–Kier alpha value is -1.05. The number of aliphatic hydroxyl groups is 1. The van der Waals surface area contributed by atoms with E-state index in [0.717, 1.165) is 18.7 Å². The van der Waals surface area contributed by atoms with Gasteiger partial charge in [-0.3, -0.25) is 4.90 Å². The number of rotatable bonds is 1. The minimum Gasteiger partial charge on any atom is -0.378 e. The van der Waals surface area contributed by atoms with Gasteiger partial charge in [0.1, 0.15) is 5.60 Å². The maximum Gasteiger partial charge on any atom is 0.120 e. The van der Waals surface area contributed by atoms with Gasteiger partial charge < -0.3 is 10.9 Å². The molecule has 17 heavy (non-hydrogen) atoms. The zero-order chi connectivity index (χ0) is 13.1. The molecule has 96 valence electrons. The summed E-state index contributed by atoms with van der Waals surface area (Å²) < 4.78 is 0. The molecular formula is C13H23N3O. The zero-order valence-corrected chi connectivity index (χ0v) is 11.2. The maximum absolute atomic E-state index is 9.52. The van der Waals surface area contributed by atoms with Crippen LogP contribution in [0.3, 0.4) is 0 Å². The first-order chi connectivity index (χ1) is 7.83. The lowest BCUT2D eigenvalue weighted by atomic mass is 9.93. The minimum atomic E-state index is -0.908. The number of nitrogens with zero attached hydrogens (tertiary/aromatic N) is 2. The van der Waals surface area contributed by atoms with E-state index in [-0.39, 0.29) is 0 Å². The molecule has 0 bridgehead atoms. The van der Waals surface area contributed by atoms with E-state index in [4.69, 9.17) is 5.84 Å². The standard InChI is InChI=1S/C13H23N3O/c1-10-9-16(7-5-6-13(3,4)17)11(2)8-12(10)15-14/h10-11,17H,7-9,14H2,1-4H3/b15-12+/t10-,11-/m0/s1. The van der Waals surface area contributed by atoms with E-state index in [0.29, 0.717) is 18.5 Å². The highest BCUT2D eigenvalue weighted by molar-refractivity contribution is 5.87. The fourth-order valence-corrected chi connectivity index (χ4v) is 2.03. The molecular weight excluding hydrogens is 214 g/mol. The van der Waals surface area contributed by atoms with Crippen molar-refractivity contribution in [3.63, 3.8) is 0 Å². The second-order valence-electron chi connectivity index (χ2n) is 5.36. The third kappa shape index (κ3) is 4.37. The van der Waals surface area contributed by atoms with E-state index < -0.39 is 5.60 Å². The quantitative estimate of drug-likeness (QED) is 0.403. The molecule has 0 amide bonds. The predicted molar refractivity (Wildman–Crippen MR) is 70.5 cm³/mol. The van der Waals surface area contributed by atoms with Crippen molar-refractivity contribution in [2.24, 2.45) is 16.9 Å². The van der Waals surface area contributed by atoms with Crippen LogP contribution in [0.25, 0.3) is 0 Å². The third-order valence-electron chi connectivity index (χ3n) is 3.05. The Morgan fingerprint density at radius 1 is 1.53 bits per heavy atom. The van der Waals surface area contributed by atoms with Crippen LogP contribution in [0.4, 0.5) is 0 Å². The van der Waals surface area contributed by atoms with Crippen LogP contribution in [0.15, 0.2) is 5.10 Å². The molecule has 2 atom stereocenters. The van der Waals surface area contributed by atoms with Crippen molar-refractivity contribution in [2.75, 3.05) is 13.1 Å². The third-order valence-corrected chi connectivity index (χ3v) is 3.05. The number of hydrogen-bond donors (Lipinski definition) is 2. The maximum atomic E-state index is 9.52. The topological polar surface area (TPSA) is 61.8 Å². The summed E-state index contributed by atoms with van der Waals surface area (Å²) in [7, 11) is 0. The summed E-state index contributed by atoms with van der Waals surface area (Å²) in [6.07, 6.45) is 0.905. The lowest BCUT2D eigenvalue weighted by Gasteiger charge is -2.36. The van der Waals surface area contributed by atoms with Crippen LogP contribution in [-0.4, -0.2) is 40.5 Å². The van der Waals surface area contributed by atoms with Gasteiger partial charge in [0, 0.05) is 30.6 Å². The average Bonchev–Trinajstić information content (AvgIpc) is 2.20. The molecule has 0 unspecified atom stereocenters. The van der Waals surface area contributed by atoms with E-state index in [9.17, 15) is 5.11 Å². The predicted octanol–water partition coefficient (Wildman–Crippen LogP) is 0.806. The zero-order valence-electron chi connectivity index (χ0n) is 11.2. The SMILES string of the molecule is C[C@H]1CN(CC#CC(C)(C)O)[C@@H](C)C/C1=N\N. The number of nitrogens with two attached hydrogens (primary N) is 1. The van der Waals surface area contributed by atoms with Gasteiger partial charge >= 0.3 is 0 Å². The van der Waals surface area contributed by atoms with E-state index in [1.807, 2.05) is 0 Å². The van der Waals surface area contributed by atoms with E-state index in [1.54, 1.807) is 13.8 Å². The van der Waals surface area contributed by atoms with Crippen molar-refractivity contribution in [3.05, 3.63) is 0 Å². The van der Waals surface area contributed by atoms with Gasteiger partial charge in [-0.25, -0.2) is 0 Å². The van der Waals surface area contributed by atoms with E-state index >= 15 is 0 Å². The molecule has 0 saturated carbocycles. The summed E-state index contributed by atoms with van der Waals surface area (Å²) in [6, 6.07) is 0.407. The van der Waals surface area contributed by atoms with E-state index in [1.165, 1.54) is 0 Å². The first-order valence-corrected chi connectivity index (χ1v) is 6.06. The number of hydrazone groups is 1. The van der Waals surface area contributed by atoms with Gasteiger partial charge in [0.15, 0.2) is 0 Å². The van der Waals surface area contributed by atoms with Gasteiger partial charge in [0.2, 0.25) is 0 Å². The van der Waals surface area contributed by atoms with Crippen LogP contribution in [0.1, 0.15) is 34.1 Å². The molecule has 0 aromatic rings. The van der Waals surface area contributed by atoms with Crippen molar-refractivity contribution < 1.29 is 5.11 Å². The van der Waals surface area contributed by atoms with Gasteiger partial charge in [-0.05, 0) is 20.8 Å². The largest absolute Gasteiger partial charge is 0.378 e. The van der Waals surface area contributed by atoms with Crippen LogP contribution in [0.2, 0.25) is 0 Å². The van der Waals surface area contributed by atoms with E-state index in [2.05, 4.69) is 35.7 Å². The Kier molecular flexibility index (Phi) is 4.55. The van der Waals surface area contributed by atoms with Crippen molar-refractivity contribution >= 4 is 5.71 Å². The molecule has 1 aliphatic heterocycles. The molecule has 4 heteroatoms. The second kappa shape index (κ2) is 5.52. The van der Waals surface area contributed by atoms with Gasteiger partial charge in [0.25, 0.3) is 0 Å². The first kappa shape index (κ1) is 14.0. The summed E-state index contributed by atoms with van der Waals surface area (Å²) in [5.41, 5.74) is 0.179. The van der Waals surface area contributed by atoms with Gasteiger partial charge in [-0.1, -0.05) is 18.8 Å². The van der Waals surface area contributed by atoms with Gasteiger partial charge in [0.05, 0.1) is 6.54 Å². The summed E-state index contributed by atoms with van der Waals surface area (Å²) in [5, 5.41) is 13.4. The minimum absolute atomic E-state index is 0.389. The normalized spacial score (nSPS) is 28.9. The van der Waals surface area contributed by atoms with Gasteiger partial charge in [-0.2, -0.15) is 5.10 Å². The van der Waals surface area contributed by atoms with Crippen molar-refractivity contribution in [3.8, 4) is 11.8 Å². The summed E-state index contributed by atoms with van der Waals surface area (Å²) >= 11 is 0. The monoisotopic (exact) mass is 237 g/mol. The van der Waals surface area contributed by atoms with Crippen LogP contribution in [-0.2, 0) is 0 Å². The number of hydrogen-bond acceptors (Lipinski definition) is 4. The molecule has 4 nitrogen and oxygen atoms in total. The highest BCUT2D eigenvalue weighted by Gasteiger charge is 2.27. The number of piperidine rings is 1. The molecule has 1 saturated heterocycles. The molecule has 1 fully saturated rings. The molecule has 0 aliphatic carbocycles. The molecule has 0 spiro atoms. The molecule has 0 radical (unpaired) electrons. The van der Waals surface area contributed by atoms with Crippen molar-refractivity contribution in [1.82, 2.24) is 4.90 Å². The summed E-state index contributed by atoms with van der Waals surface area (Å²) in [4.78, 5) is 2.30. The Bertz CT molecular complexity index is 346. The lowest BCUT2D eigenvalue weighted by Crippen LogP contribution is -2.46. The molecule has 1 heterocycles. The molecule has 1 rings (SSSR count). The number of likely N-dealkylation sites (tertiary alicyclic amines) is 1. The lowest BCUT2D eigenvalue weighted by molar-refractivity contribution is 0.143. The van der Waals surface area contributed by atoms with Crippen molar-refractivity contribution in [1.29, 1.82) is 0 Å². The van der Waals surface area contributed by atoms with Crippen molar-refractivity contribution in [2.45, 2.75) is 45.8 Å². The average molecular weight is 237 g/mol. The molecule has 0 aromatic carbocycles. The summed E-state index contributed by atoms with van der Waals surface area (Å²) in [5.74, 6) is 11.6. The Balaban J connectivity index is 2.58.